The normalized spacial score (nSPS) is 10.9. The smallest absolute Gasteiger partial charge is 0.336 e. The van der Waals surface area contributed by atoms with E-state index in [9.17, 15) is 9.90 Å². The van der Waals surface area contributed by atoms with Crippen molar-refractivity contribution in [2.45, 2.75) is 20.8 Å². The van der Waals surface area contributed by atoms with Gasteiger partial charge in [-0.2, -0.15) is 0 Å². The lowest BCUT2D eigenvalue weighted by molar-refractivity contribution is 0.0699. The van der Waals surface area contributed by atoms with Crippen molar-refractivity contribution in [3.8, 4) is 11.3 Å². The van der Waals surface area contributed by atoms with Crippen LogP contribution in [0.5, 0.6) is 0 Å². The number of nitrogens with zero attached hydrogens (tertiary/aromatic N) is 1. The van der Waals surface area contributed by atoms with Crippen molar-refractivity contribution >= 4 is 16.9 Å². The Morgan fingerprint density at radius 3 is 2.27 bits per heavy atom. The molecule has 0 fully saturated rings. The maximum atomic E-state index is 11.6. The van der Waals surface area contributed by atoms with Crippen LogP contribution in [0.25, 0.3) is 22.2 Å². The molecule has 0 bridgehead atoms. The second-order valence-electron chi connectivity index (χ2n) is 5.65. The van der Waals surface area contributed by atoms with Gasteiger partial charge in [0.25, 0.3) is 0 Å². The third-order valence-corrected chi connectivity index (χ3v) is 3.88. The van der Waals surface area contributed by atoms with E-state index in [2.05, 4.69) is 24.0 Å². The van der Waals surface area contributed by atoms with E-state index in [0.717, 1.165) is 16.7 Å². The van der Waals surface area contributed by atoms with Crippen molar-refractivity contribution in [1.29, 1.82) is 0 Å². The van der Waals surface area contributed by atoms with Crippen molar-refractivity contribution in [2.24, 2.45) is 0 Å². The lowest BCUT2D eigenvalue weighted by Gasteiger charge is -2.13. The second-order valence-corrected chi connectivity index (χ2v) is 5.65. The minimum atomic E-state index is -0.928. The maximum Gasteiger partial charge on any atom is 0.336 e. The van der Waals surface area contributed by atoms with E-state index < -0.39 is 5.97 Å². The van der Waals surface area contributed by atoms with Gasteiger partial charge in [-0.05, 0) is 44.0 Å². The van der Waals surface area contributed by atoms with Crippen molar-refractivity contribution in [2.75, 3.05) is 0 Å². The number of aryl methyl sites for hydroxylation is 3. The molecule has 0 unspecified atom stereocenters. The third-order valence-electron chi connectivity index (χ3n) is 3.88. The summed E-state index contributed by atoms with van der Waals surface area (Å²) in [6.07, 6.45) is 0. The van der Waals surface area contributed by atoms with Gasteiger partial charge in [0.15, 0.2) is 0 Å². The number of hydrogen-bond acceptors (Lipinski definition) is 2. The minimum Gasteiger partial charge on any atom is -0.478 e. The van der Waals surface area contributed by atoms with Crippen LogP contribution in [0.2, 0.25) is 0 Å². The standard InChI is InChI=1S/C19H17NO2/c1-11-8-12(2)18(13(3)9-11)17-10-15(19(21)22)14-6-4-5-7-16(14)20-17/h4-10H,1-3H3,(H,21,22). The van der Waals surface area contributed by atoms with Crippen LogP contribution in [0.1, 0.15) is 27.0 Å². The predicted molar refractivity (Wildman–Crippen MR) is 88.3 cm³/mol. The summed E-state index contributed by atoms with van der Waals surface area (Å²) in [5, 5.41) is 10.2. The van der Waals surface area contributed by atoms with E-state index in [1.165, 1.54) is 5.56 Å². The van der Waals surface area contributed by atoms with Crippen LogP contribution in [0, 0.1) is 20.8 Å². The summed E-state index contributed by atoms with van der Waals surface area (Å²) in [6.45, 7) is 6.12. The molecule has 110 valence electrons. The summed E-state index contributed by atoms with van der Waals surface area (Å²) in [7, 11) is 0. The fourth-order valence-electron chi connectivity index (χ4n) is 3.06. The summed E-state index contributed by atoms with van der Waals surface area (Å²) < 4.78 is 0. The SMILES string of the molecule is Cc1cc(C)c(-c2cc(C(=O)O)c3ccccc3n2)c(C)c1. The van der Waals surface area contributed by atoms with Crippen LogP contribution in [-0.4, -0.2) is 16.1 Å². The monoisotopic (exact) mass is 291 g/mol. The molecule has 1 N–H and O–H groups in total. The number of rotatable bonds is 2. The first-order chi connectivity index (χ1) is 10.5. The van der Waals surface area contributed by atoms with Gasteiger partial charge in [-0.1, -0.05) is 35.9 Å². The largest absolute Gasteiger partial charge is 0.478 e. The Balaban J connectivity index is 2.36. The Morgan fingerprint density at radius 1 is 1.00 bits per heavy atom. The molecule has 0 aliphatic carbocycles. The topological polar surface area (TPSA) is 50.2 Å². The Hall–Kier alpha value is -2.68. The number of benzene rings is 2. The van der Waals surface area contributed by atoms with Crippen LogP contribution in [0.3, 0.4) is 0 Å². The highest BCUT2D eigenvalue weighted by Gasteiger charge is 2.15. The molecule has 0 saturated carbocycles. The van der Waals surface area contributed by atoms with Crippen LogP contribution in [0.15, 0.2) is 42.5 Å². The van der Waals surface area contributed by atoms with Gasteiger partial charge in [-0.15, -0.1) is 0 Å². The van der Waals surface area contributed by atoms with Gasteiger partial charge in [0, 0.05) is 10.9 Å². The van der Waals surface area contributed by atoms with Crippen LogP contribution in [-0.2, 0) is 0 Å². The highest BCUT2D eigenvalue weighted by molar-refractivity contribution is 6.03. The zero-order valence-corrected chi connectivity index (χ0v) is 12.8. The number of fused-ring (bicyclic) bond motifs is 1. The summed E-state index contributed by atoms with van der Waals surface area (Å²) in [5.74, 6) is -0.928. The summed E-state index contributed by atoms with van der Waals surface area (Å²) in [6, 6.07) is 13.2. The highest BCUT2D eigenvalue weighted by atomic mass is 16.4. The summed E-state index contributed by atoms with van der Waals surface area (Å²) in [5.41, 5.74) is 6.13. The van der Waals surface area contributed by atoms with Gasteiger partial charge in [0.2, 0.25) is 0 Å². The molecule has 1 aromatic heterocycles. The van der Waals surface area contributed by atoms with Gasteiger partial charge in [-0.3, -0.25) is 0 Å². The van der Waals surface area contributed by atoms with Crippen LogP contribution < -0.4 is 0 Å². The number of pyridine rings is 1. The first-order valence-corrected chi connectivity index (χ1v) is 7.18. The van der Waals surface area contributed by atoms with Crippen molar-refractivity contribution in [3.63, 3.8) is 0 Å². The lowest BCUT2D eigenvalue weighted by atomic mass is 9.95. The molecule has 22 heavy (non-hydrogen) atoms. The van der Waals surface area contributed by atoms with Crippen LogP contribution in [0.4, 0.5) is 0 Å². The van der Waals surface area contributed by atoms with Crippen LogP contribution >= 0.6 is 0 Å². The molecular weight excluding hydrogens is 274 g/mol. The quantitative estimate of drug-likeness (QED) is 0.755. The van der Waals surface area contributed by atoms with Gasteiger partial charge >= 0.3 is 5.97 Å². The molecule has 2 aromatic carbocycles. The molecule has 1 heterocycles. The first kappa shape index (κ1) is 14.3. The highest BCUT2D eigenvalue weighted by Crippen LogP contribution is 2.30. The third kappa shape index (κ3) is 2.35. The van der Waals surface area contributed by atoms with E-state index in [0.29, 0.717) is 22.2 Å². The Kier molecular flexibility index (Phi) is 3.41. The van der Waals surface area contributed by atoms with Gasteiger partial charge in [0.05, 0.1) is 16.8 Å². The number of carboxylic acids is 1. The molecule has 0 amide bonds. The van der Waals surface area contributed by atoms with Crippen molar-refractivity contribution in [3.05, 3.63) is 64.7 Å². The zero-order valence-electron chi connectivity index (χ0n) is 12.8. The molecular formula is C19H17NO2. The Labute approximate surface area is 129 Å². The fourth-order valence-corrected chi connectivity index (χ4v) is 3.06. The number of aromatic nitrogens is 1. The average molecular weight is 291 g/mol. The molecule has 3 rings (SSSR count). The number of para-hydroxylation sites is 1. The van der Waals surface area contributed by atoms with E-state index in [1.54, 1.807) is 12.1 Å². The molecule has 0 radical (unpaired) electrons. The number of carbonyl (C=O) groups is 1. The lowest BCUT2D eigenvalue weighted by Crippen LogP contribution is -2.01. The first-order valence-electron chi connectivity index (χ1n) is 7.18. The molecule has 0 aliphatic rings. The molecule has 3 aromatic rings. The van der Waals surface area contributed by atoms with Crippen molar-refractivity contribution < 1.29 is 9.90 Å². The zero-order chi connectivity index (χ0) is 15.9. The molecule has 3 nitrogen and oxygen atoms in total. The minimum absolute atomic E-state index is 0.292. The van der Waals surface area contributed by atoms with Gasteiger partial charge < -0.3 is 5.11 Å². The van der Waals surface area contributed by atoms with Gasteiger partial charge in [-0.25, -0.2) is 9.78 Å². The summed E-state index contributed by atoms with van der Waals surface area (Å²) >= 11 is 0. The Bertz CT molecular complexity index is 874. The molecule has 0 aliphatic heterocycles. The molecule has 0 atom stereocenters. The van der Waals surface area contributed by atoms with E-state index >= 15 is 0 Å². The average Bonchev–Trinajstić information content (AvgIpc) is 2.45. The summed E-state index contributed by atoms with van der Waals surface area (Å²) in [4.78, 5) is 16.3. The van der Waals surface area contributed by atoms with E-state index in [4.69, 9.17) is 0 Å². The fraction of sp³-hybridized carbons (Fsp3) is 0.158. The number of aromatic carboxylic acids is 1. The van der Waals surface area contributed by atoms with Gasteiger partial charge in [0.1, 0.15) is 0 Å². The second kappa shape index (κ2) is 5.26. The van der Waals surface area contributed by atoms with Crippen molar-refractivity contribution in [1.82, 2.24) is 4.98 Å². The maximum absolute atomic E-state index is 11.6. The molecule has 0 spiro atoms. The Morgan fingerprint density at radius 2 is 1.64 bits per heavy atom. The molecule has 0 saturated heterocycles. The van der Waals surface area contributed by atoms with E-state index in [-0.39, 0.29) is 0 Å². The molecule has 3 heteroatoms. The van der Waals surface area contributed by atoms with E-state index in [1.807, 2.05) is 32.0 Å². The predicted octanol–water partition coefficient (Wildman–Crippen LogP) is 4.53. The number of carboxylic acid groups (broad SMARTS) is 1. The number of hydrogen-bond donors (Lipinski definition) is 1.